The van der Waals surface area contributed by atoms with E-state index in [-0.39, 0.29) is 5.43 Å². The first-order valence-corrected chi connectivity index (χ1v) is 2.40. The van der Waals surface area contributed by atoms with Crippen molar-refractivity contribution < 1.29 is 0 Å². The van der Waals surface area contributed by atoms with Crippen molar-refractivity contribution >= 4 is 0 Å². The molecule has 1 rings (SSSR count). The minimum atomic E-state index is 0.120. The minimum absolute atomic E-state index is 0.120. The van der Waals surface area contributed by atoms with Crippen LogP contribution in [0.1, 0.15) is 25.3 Å². The first kappa shape index (κ1) is 4.57. The molecule has 0 atom stereocenters. The summed E-state index contributed by atoms with van der Waals surface area (Å²) in [7, 11) is 0. The third kappa shape index (κ3) is 0.710. The van der Waals surface area contributed by atoms with E-state index in [1.807, 2.05) is 13.8 Å². The lowest BCUT2D eigenvalue weighted by molar-refractivity contribution is 0.887. The molecule has 0 saturated carbocycles. The van der Waals surface area contributed by atoms with Gasteiger partial charge in [-0.3, -0.25) is 4.79 Å². The van der Waals surface area contributed by atoms with Gasteiger partial charge in [0.1, 0.15) is 0 Å². The van der Waals surface area contributed by atoms with Crippen LogP contribution in [0.3, 0.4) is 0 Å². The maximum absolute atomic E-state index is 10.2. The van der Waals surface area contributed by atoms with Crippen LogP contribution < -0.4 is 5.43 Å². The van der Waals surface area contributed by atoms with Gasteiger partial charge in [0.05, 0.1) is 0 Å². The lowest BCUT2D eigenvalue weighted by Crippen LogP contribution is -1.82. The number of rotatable bonds is 1. The van der Waals surface area contributed by atoms with E-state index in [0.29, 0.717) is 5.92 Å². The predicted octanol–water partition coefficient (Wildman–Crippen LogP) is 0.846. The van der Waals surface area contributed by atoms with Crippen LogP contribution in [0.5, 0.6) is 0 Å². The molecule has 0 aliphatic rings. The standard InChI is InChI=1S/C6H7O/c1-4(2)5-3-6(5)7/h4H,1-2H3. The summed E-state index contributed by atoms with van der Waals surface area (Å²) in [5.74, 6) is 0.396. The van der Waals surface area contributed by atoms with E-state index in [1.165, 1.54) is 0 Å². The molecule has 1 heteroatoms. The lowest BCUT2D eigenvalue weighted by Gasteiger charge is -1.86. The van der Waals surface area contributed by atoms with E-state index in [2.05, 4.69) is 6.07 Å². The Morgan fingerprint density at radius 2 is 2.00 bits per heavy atom. The molecule has 7 heavy (non-hydrogen) atoms. The molecule has 0 fully saturated rings. The van der Waals surface area contributed by atoms with Crippen LogP contribution in [-0.2, 0) is 0 Å². The van der Waals surface area contributed by atoms with Gasteiger partial charge >= 0.3 is 0 Å². The molecule has 0 saturated heterocycles. The fourth-order valence-corrected chi connectivity index (χ4v) is 0.498. The largest absolute Gasteiger partial charge is 0.289 e. The van der Waals surface area contributed by atoms with Crippen molar-refractivity contribution in [3.8, 4) is 0 Å². The van der Waals surface area contributed by atoms with Crippen molar-refractivity contribution in [1.29, 1.82) is 0 Å². The van der Waals surface area contributed by atoms with Crippen LogP contribution >= 0.6 is 0 Å². The normalized spacial score (nSPS) is 11.3. The van der Waals surface area contributed by atoms with Crippen molar-refractivity contribution in [1.82, 2.24) is 0 Å². The predicted molar refractivity (Wildman–Crippen MR) is 28.0 cm³/mol. The van der Waals surface area contributed by atoms with Gasteiger partial charge in [0.25, 0.3) is 0 Å². The Morgan fingerprint density at radius 1 is 1.57 bits per heavy atom. The van der Waals surface area contributed by atoms with E-state index in [4.69, 9.17) is 0 Å². The summed E-state index contributed by atoms with van der Waals surface area (Å²) in [5, 5.41) is 0. The molecule has 1 nitrogen and oxygen atoms in total. The highest BCUT2D eigenvalue weighted by molar-refractivity contribution is 5.24. The first-order valence-electron chi connectivity index (χ1n) is 2.40. The monoisotopic (exact) mass is 95.0 g/mol. The average molecular weight is 95.1 g/mol. The molecule has 0 N–H and O–H groups in total. The van der Waals surface area contributed by atoms with Crippen LogP contribution in [0.2, 0.25) is 0 Å². The van der Waals surface area contributed by atoms with Gasteiger partial charge in [-0.2, -0.15) is 0 Å². The van der Waals surface area contributed by atoms with Crippen LogP contribution in [0.25, 0.3) is 0 Å². The van der Waals surface area contributed by atoms with Gasteiger partial charge in [-0.05, 0) is 5.92 Å². The summed E-state index contributed by atoms with van der Waals surface area (Å²) in [6.45, 7) is 3.99. The second-order valence-corrected chi connectivity index (χ2v) is 2.02. The van der Waals surface area contributed by atoms with E-state index in [0.717, 1.165) is 5.56 Å². The summed E-state index contributed by atoms with van der Waals surface area (Å²) < 4.78 is 0. The summed E-state index contributed by atoms with van der Waals surface area (Å²) in [6, 6.07) is 2.61. The minimum Gasteiger partial charge on any atom is -0.289 e. The molecule has 0 spiro atoms. The number of hydrogen-bond acceptors (Lipinski definition) is 1. The summed E-state index contributed by atoms with van der Waals surface area (Å²) in [4.78, 5) is 10.2. The Bertz CT molecular complexity index is 168. The van der Waals surface area contributed by atoms with Crippen LogP contribution in [0.4, 0.5) is 0 Å². The maximum atomic E-state index is 10.2. The average Bonchev–Trinajstić information content (AvgIpc) is 2.17. The zero-order valence-corrected chi connectivity index (χ0v) is 4.49. The molecule has 37 valence electrons. The van der Waals surface area contributed by atoms with Crippen molar-refractivity contribution in [2.24, 2.45) is 0 Å². The van der Waals surface area contributed by atoms with Crippen LogP contribution in [0, 0.1) is 6.07 Å². The molecule has 0 aromatic heterocycles. The van der Waals surface area contributed by atoms with Gasteiger partial charge in [-0.15, -0.1) is 0 Å². The van der Waals surface area contributed by atoms with E-state index >= 15 is 0 Å². The lowest BCUT2D eigenvalue weighted by atomic mass is 10.2. The zero-order valence-electron chi connectivity index (χ0n) is 4.49. The summed E-state index contributed by atoms with van der Waals surface area (Å²) in [6.07, 6.45) is 0. The Morgan fingerprint density at radius 3 is 2.00 bits per heavy atom. The molecular formula is C6H7O. The first-order chi connectivity index (χ1) is 3.22. The third-order valence-corrected chi connectivity index (χ3v) is 1.01. The Hall–Kier alpha value is -0.590. The van der Waals surface area contributed by atoms with E-state index < -0.39 is 0 Å². The van der Waals surface area contributed by atoms with Crippen molar-refractivity contribution in [2.75, 3.05) is 0 Å². The Kier molecular flexibility index (Phi) is 0.775. The Labute approximate surface area is 42.7 Å². The van der Waals surface area contributed by atoms with Crippen molar-refractivity contribution in [3.05, 3.63) is 21.9 Å². The highest BCUT2D eigenvalue weighted by atomic mass is 16.1. The van der Waals surface area contributed by atoms with Crippen LogP contribution in [-0.4, -0.2) is 0 Å². The topological polar surface area (TPSA) is 17.1 Å². The van der Waals surface area contributed by atoms with E-state index in [9.17, 15) is 4.79 Å². The van der Waals surface area contributed by atoms with E-state index in [1.54, 1.807) is 0 Å². The summed E-state index contributed by atoms with van der Waals surface area (Å²) in [5.41, 5.74) is 0.995. The van der Waals surface area contributed by atoms with Gasteiger partial charge in [-0.25, -0.2) is 0 Å². The highest BCUT2D eigenvalue weighted by Crippen LogP contribution is 2.10. The van der Waals surface area contributed by atoms with Gasteiger partial charge in [-0.1, -0.05) is 13.8 Å². The molecule has 0 aliphatic carbocycles. The molecule has 0 unspecified atom stereocenters. The van der Waals surface area contributed by atoms with Crippen LogP contribution in [0.15, 0.2) is 4.79 Å². The SMILES string of the molecule is CC(C)c1[c]c1=O. The molecule has 1 aromatic carbocycles. The molecular weight excluding hydrogens is 88.1 g/mol. The number of hydrogen-bond donors (Lipinski definition) is 0. The molecule has 0 aliphatic heterocycles. The maximum Gasteiger partial charge on any atom is 0.191 e. The second-order valence-electron chi connectivity index (χ2n) is 2.02. The smallest absolute Gasteiger partial charge is 0.191 e. The highest BCUT2D eigenvalue weighted by Gasteiger charge is 2.11. The zero-order chi connectivity index (χ0) is 5.44. The Balaban J connectivity index is 2.67. The third-order valence-electron chi connectivity index (χ3n) is 1.01. The van der Waals surface area contributed by atoms with Crippen molar-refractivity contribution in [3.63, 3.8) is 0 Å². The van der Waals surface area contributed by atoms with Gasteiger partial charge in [0.2, 0.25) is 0 Å². The molecule has 1 radical (unpaired) electrons. The molecule has 0 bridgehead atoms. The second kappa shape index (κ2) is 1.19. The van der Waals surface area contributed by atoms with Crippen molar-refractivity contribution in [2.45, 2.75) is 19.8 Å². The summed E-state index contributed by atoms with van der Waals surface area (Å²) >= 11 is 0. The molecule has 1 aromatic rings. The molecule has 0 amide bonds. The van der Waals surface area contributed by atoms with Gasteiger partial charge < -0.3 is 0 Å². The molecule has 0 heterocycles. The quantitative estimate of drug-likeness (QED) is 0.505. The van der Waals surface area contributed by atoms with Gasteiger partial charge in [0, 0.05) is 11.6 Å². The fourth-order valence-electron chi connectivity index (χ4n) is 0.498. The van der Waals surface area contributed by atoms with Gasteiger partial charge in [0.15, 0.2) is 5.43 Å². The fraction of sp³-hybridized carbons (Fsp3) is 0.500.